The maximum Gasteiger partial charge on any atom is 0.341 e. The molecule has 3 amide bonds. The number of ether oxygens (including phenoxy) is 1. The maximum atomic E-state index is 13.7. The van der Waals surface area contributed by atoms with E-state index in [1.807, 2.05) is 103 Å². The summed E-state index contributed by atoms with van der Waals surface area (Å²) < 4.78 is 5.33. The van der Waals surface area contributed by atoms with Gasteiger partial charge in [0.2, 0.25) is 5.91 Å². The van der Waals surface area contributed by atoms with Gasteiger partial charge in [-0.15, -0.1) is 23.1 Å². The zero-order chi connectivity index (χ0) is 37.9. The zero-order valence-electron chi connectivity index (χ0n) is 29.6. The van der Waals surface area contributed by atoms with Crippen LogP contribution in [0.5, 0.6) is 0 Å². The van der Waals surface area contributed by atoms with Crippen molar-refractivity contribution >= 4 is 63.6 Å². The molecule has 0 bridgehead atoms. The Balaban J connectivity index is 1.15. The highest BCUT2D eigenvalue weighted by Gasteiger charge is 2.23. The fraction of sp³-hybridized carbons (Fsp3) is 0.0909. The highest BCUT2D eigenvalue weighted by atomic mass is 32.2. The first-order valence-electron chi connectivity index (χ1n) is 17.2. The number of hydrogen-bond donors (Lipinski definition) is 3. The van der Waals surface area contributed by atoms with Crippen LogP contribution in [0.4, 0.5) is 10.7 Å². The van der Waals surface area contributed by atoms with Crippen molar-refractivity contribution in [1.29, 1.82) is 0 Å². The Hall–Kier alpha value is -6.23. The first-order valence-corrected chi connectivity index (χ1v) is 19.1. The van der Waals surface area contributed by atoms with E-state index in [-0.39, 0.29) is 24.0 Å². The summed E-state index contributed by atoms with van der Waals surface area (Å²) in [6.07, 6.45) is 1.63. The number of esters is 1. The fourth-order valence-corrected chi connectivity index (χ4v) is 7.22. The van der Waals surface area contributed by atoms with E-state index >= 15 is 0 Å². The normalized spacial score (nSPS) is 11.0. The predicted octanol–water partition coefficient (Wildman–Crippen LogP) is 9.71. The van der Waals surface area contributed by atoms with Gasteiger partial charge in [-0.05, 0) is 72.5 Å². The molecule has 1 heterocycles. The van der Waals surface area contributed by atoms with E-state index < -0.39 is 17.8 Å². The van der Waals surface area contributed by atoms with Crippen molar-refractivity contribution in [2.24, 2.45) is 0 Å². The number of thiophene rings is 1. The fourth-order valence-electron chi connectivity index (χ4n) is 5.49. The number of hydrogen-bond acceptors (Lipinski definition) is 7. The van der Waals surface area contributed by atoms with Gasteiger partial charge in [-0.1, -0.05) is 109 Å². The second-order valence-corrected chi connectivity index (χ2v) is 14.1. The lowest BCUT2D eigenvalue weighted by molar-refractivity contribution is -0.114. The number of carbonyl (C=O) groups is 4. The Bertz CT molecular complexity index is 2290. The monoisotopic (exact) mass is 751 g/mol. The lowest BCUT2D eigenvalue weighted by Crippen LogP contribution is -2.30. The smallest absolute Gasteiger partial charge is 0.341 e. The Morgan fingerprint density at radius 2 is 1.41 bits per heavy atom. The van der Waals surface area contributed by atoms with Crippen LogP contribution in [0.25, 0.3) is 28.3 Å². The number of thioether (sulfide) groups is 1. The topological polar surface area (TPSA) is 114 Å². The second-order valence-electron chi connectivity index (χ2n) is 12.1. The van der Waals surface area contributed by atoms with Crippen molar-refractivity contribution in [2.75, 3.05) is 23.0 Å². The van der Waals surface area contributed by atoms with E-state index in [1.165, 1.54) is 23.1 Å². The summed E-state index contributed by atoms with van der Waals surface area (Å²) in [5, 5.41) is 10.8. The molecule has 8 nitrogen and oxygen atoms in total. The average molecular weight is 752 g/mol. The summed E-state index contributed by atoms with van der Waals surface area (Å²) in [5.74, 6) is -1.69. The molecule has 0 fully saturated rings. The number of amides is 3. The Labute approximate surface area is 322 Å². The van der Waals surface area contributed by atoms with Gasteiger partial charge >= 0.3 is 5.97 Å². The van der Waals surface area contributed by atoms with Crippen molar-refractivity contribution in [3.63, 3.8) is 0 Å². The third-order valence-corrected chi connectivity index (χ3v) is 10.1. The molecule has 0 aliphatic heterocycles. The summed E-state index contributed by atoms with van der Waals surface area (Å²) in [5.41, 5.74) is 6.75. The van der Waals surface area contributed by atoms with E-state index in [9.17, 15) is 19.2 Å². The molecule has 1 aromatic heterocycles. The van der Waals surface area contributed by atoms with Gasteiger partial charge in [-0.3, -0.25) is 14.4 Å². The van der Waals surface area contributed by atoms with Gasteiger partial charge in [0.15, 0.2) is 0 Å². The van der Waals surface area contributed by atoms with Crippen LogP contribution in [-0.4, -0.2) is 36.1 Å². The molecule has 6 rings (SSSR count). The summed E-state index contributed by atoms with van der Waals surface area (Å²) in [7, 11) is 0. The van der Waals surface area contributed by atoms with Gasteiger partial charge in [-0.2, -0.15) is 0 Å². The molecule has 0 saturated heterocycles. The van der Waals surface area contributed by atoms with E-state index in [4.69, 9.17) is 4.74 Å². The van der Waals surface area contributed by atoms with Crippen LogP contribution in [0.15, 0.2) is 149 Å². The van der Waals surface area contributed by atoms with Gasteiger partial charge < -0.3 is 20.7 Å². The van der Waals surface area contributed by atoms with E-state index in [0.717, 1.165) is 32.7 Å². The van der Waals surface area contributed by atoms with Crippen LogP contribution in [0.1, 0.15) is 38.8 Å². The number of aryl methyl sites for hydroxylation is 1. The van der Waals surface area contributed by atoms with Crippen LogP contribution in [0.3, 0.4) is 0 Å². The molecular formula is C44H37N3O5S2. The van der Waals surface area contributed by atoms with Crippen LogP contribution in [-0.2, 0) is 14.3 Å². The molecule has 0 aliphatic carbocycles. The standard InChI is InChI=1S/C44H37N3O5S2/c1-3-52-44(51)40-37(33-21-17-29(2)18-22-33)27-54-43(40)47-39(48)28-53-36-16-10-15-35(26-36)45-42(50)38(46-41(49)34-13-8-5-9-14-34)25-30-19-23-32(24-20-30)31-11-6-4-7-12-31/h4-27H,3,28H2,1-2H3,(H,45,50)(H,46,49)(H,47,48)/b38-25+. The summed E-state index contributed by atoms with van der Waals surface area (Å²) in [6, 6.07) is 41.3. The van der Waals surface area contributed by atoms with Gasteiger partial charge in [0.05, 0.1) is 12.4 Å². The van der Waals surface area contributed by atoms with Crippen molar-refractivity contribution in [1.82, 2.24) is 5.32 Å². The van der Waals surface area contributed by atoms with E-state index in [0.29, 0.717) is 27.4 Å². The Morgan fingerprint density at radius 1 is 0.741 bits per heavy atom. The zero-order valence-corrected chi connectivity index (χ0v) is 31.3. The Morgan fingerprint density at radius 3 is 2.11 bits per heavy atom. The van der Waals surface area contributed by atoms with Crippen LogP contribution in [0, 0.1) is 6.92 Å². The molecule has 0 spiro atoms. The van der Waals surface area contributed by atoms with Gasteiger partial charge in [0, 0.05) is 27.1 Å². The third-order valence-electron chi connectivity index (χ3n) is 8.21. The van der Waals surface area contributed by atoms with Crippen molar-refractivity contribution in [3.05, 3.63) is 167 Å². The van der Waals surface area contributed by atoms with Gasteiger partial charge in [0.1, 0.15) is 16.3 Å². The summed E-state index contributed by atoms with van der Waals surface area (Å²) in [4.78, 5) is 53.7. The number of carbonyl (C=O) groups excluding carboxylic acids is 4. The number of anilines is 2. The second kappa shape index (κ2) is 18.0. The molecule has 54 heavy (non-hydrogen) atoms. The minimum absolute atomic E-state index is 0.0503. The van der Waals surface area contributed by atoms with Gasteiger partial charge in [-0.25, -0.2) is 4.79 Å². The summed E-state index contributed by atoms with van der Waals surface area (Å²) in [6.45, 7) is 3.94. The molecule has 0 radical (unpaired) electrons. The quantitative estimate of drug-likeness (QED) is 0.0616. The molecule has 0 atom stereocenters. The molecule has 10 heteroatoms. The molecule has 3 N–H and O–H groups in total. The highest BCUT2D eigenvalue weighted by Crippen LogP contribution is 2.37. The highest BCUT2D eigenvalue weighted by molar-refractivity contribution is 8.00. The first kappa shape index (κ1) is 37.5. The lowest BCUT2D eigenvalue weighted by atomic mass is 10.0. The third kappa shape index (κ3) is 9.80. The summed E-state index contributed by atoms with van der Waals surface area (Å²) >= 11 is 2.55. The van der Waals surface area contributed by atoms with Crippen LogP contribution in [0.2, 0.25) is 0 Å². The molecule has 0 unspecified atom stereocenters. The SMILES string of the molecule is CCOC(=O)c1c(-c2ccc(C)cc2)csc1NC(=O)CSc1cccc(NC(=O)/C(=C\c2ccc(-c3ccccc3)cc2)NC(=O)c2ccccc2)c1. The van der Waals surface area contributed by atoms with Crippen molar-refractivity contribution in [3.8, 4) is 22.3 Å². The molecule has 0 aliphatic rings. The van der Waals surface area contributed by atoms with Crippen molar-refractivity contribution < 1.29 is 23.9 Å². The maximum absolute atomic E-state index is 13.7. The molecular weight excluding hydrogens is 715 g/mol. The molecule has 5 aromatic carbocycles. The largest absolute Gasteiger partial charge is 0.462 e. The lowest BCUT2D eigenvalue weighted by Gasteiger charge is -2.12. The van der Waals surface area contributed by atoms with Crippen LogP contribution >= 0.6 is 23.1 Å². The molecule has 0 saturated carbocycles. The minimum Gasteiger partial charge on any atom is -0.462 e. The van der Waals surface area contributed by atoms with E-state index in [1.54, 1.807) is 55.5 Å². The molecule has 6 aromatic rings. The van der Waals surface area contributed by atoms with Crippen molar-refractivity contribution in [2.45, 2.75) is 18.7 Å². The number of benzene rings is 5. The number of nitrogens with one attached hydrogen (secondary N) is 3. The first-order chi connectivity index (χ1) is 26.3. The predicted molar refractivity (Wildman–Crippen MR) is 219 cm³/mol. The molecule has 270 valence electrons. The Kier molecular flexibility index (Phi) is 12.5. The van der Waals surface area contributed by atoms with E-state index in [2.05, 4.69) is 16.0 Å². The minimum atomic E-state index is -0.514. The average Bonchev–Trinajstić information content (AvgIpc) is 3.61. The number of rotatable bonds is 13. The van der Waals surface area contributed by atoms with Gasteiger partial charge in [0.25, 0.3) is 11.8 Å². The van der Waals surface area contributed by atoms with Crippen LogP contribution < -0.4 is 16.0 Å².